The van der Waals surface area contributed by atoms with Gasteiger partial charge in [-0.3, -0.25) is 0 Å². The highest BCUT2D eigenvalue weighted by molar-refractivity contribution is 9.11. The fraction of sp³-hybridized carbons (Fsp3) is 0.692. The molecule has 2 rings (SSSR count). The summed E-state index contributed by atoms with van der Waals surface area (Å²) in [6.45, 7) is 7.11. The maximum Gasteiger partial charge on any atom is 0.0701 e. The van der Waals surface area contributed by atoms with Gasteiger partial charge in [-0.25, -0.2) is 0 Å². The third-order valence-corrected chi connectivity index (χ3v) is 5.04. The van der Waals surface area contributed by atoms with Crippen LogP contribution in [0.15, 0.2) is 15.9 Å². The second-order valence-corrected chi connectivity index (χ2v) is 7.22. The zero-order valence-electron chi connectivity index (χ0n) is 10.4. The lowest BCUT2D eigenvalue weighted by molar-refractivity contribution is 0.269. The second kappa shape index (κ2) is 6.88. The van der Waals surface area contributed by atoms with Gasteiger partial charge in [0.25, 0.3) is 0 Å². The molecule has 0 aliphatic carbocycles. The predicted molar refractivity (Wildman–Crippen MR) is 78.9 cm³/mol. The van der Waals surface area contributed by atoms with E-state index in [1.165, 1.54) is 54.1 Å². The molecule has 1 unspecified atom stereocenters. The summed E-state index contributed by atoms with van der Waals surface area (Å²) in [7, 11) is 0. The largest absolute Gasteiger partial charge is 0.313 e. The number of thiophene rings is 1. The Morgan fingerprint density at radius 2 is 2.41 bits per heavy atom. The Morgan fingerprint density at radius 3 is 3.12 bits per heavy atom. The van der Waals surface area contributed by atoms with Crippen molar-refractivity contribution in [1.29, 1.82) is 0 Å². The van der Waals surface area contributed by atoms with E-state index < -0.39 is 0 Å². The summed E-state index contributed by atoms with van der Waals surface area (Å²) in [4.78, 5) is 4.10. The lowest BCUT2D eigenvalue weighted by Gasteiger charge is -2.23. The van der Waals surface area contributed by atoms with E-state index in [1.807, 2.05) is 11.3 Å². The van der Waals surface area contributed by atoms with Crippen molar-refractivity contribution in [2.45, 2.75) is 32.2 Å². The summed E-state index contributed by atoms with van der Waals surface area (Å²) in [5.41, 5.74) is 0. The van der Waals surface area contributed by atoms with E-state index in [1.54, 1.807) is 0 Å². The van der Waals surface area contributed by atoms with Crippen molar-refractivity contribution in [2.24, 2.45) is 0 Å². The Kier molecular flexibility index (Phi) is 5.48. The highest BCUT2D eigenvalue weighted by atomic mass is 79.9. The highest BCUT2D eigenvalue weighted by Gasteiger charge is 2.15. The van der Waals surface area contributed by atoms with Crippen LogP contribution in [0.4, 0.5) is 0 Å². The first-order valence-electron chi connectivity index (χ1n) is 6.48. The number of nitrogens with zero attached hydrogens (tertiary/aromatic N) is 1. The molecular weight excluding hydrogens is 296 g/mol. The normalized spacial score (nSPS) is 22.6. The molecule has 1 aromatic rings. The first-order valence-corrected chi connectivity index (χ1v) is 8.09. The van der Waals surface area contributed by atoms with Crippen LogP contribution in [0.3, 0.4) is 0 Å². The van der Waals surface area contributed by atoms with Crippen molar-refractivity contribution in [3.8, 4) is 0 Å². The molecule has 1 aromatic heterocycles. The first-order chi connectivity index (χ1) is 8.28. The number of halogens is 1. The van der Waals surface area contributed by atoms with Gasteiger partial charge in [-0.05, 0) is 60.4 Å². The molecule has 0 radical (unpaired) electrons. The third kappa shape index (κ3) is 4.36. The average Bonchev–Trinajstić information content (AvgIpc) is 2.62. The van der Waals surface area contributed by atoms with Gasteiger partial charge in [0.15, 0.2) is 0 Å². The van der Waals surface area contributed by atoms with Gasteiger partial charge >= 0.3 is 0 Å². The summed E-state index contributed by atoms with van der Waals surface area (Å²) in [6.07, 6.45) is 3.71. The van der Waals surface area contributed by atoms with Gasteiger partial charge in [0, 0.05) is 24.0 Å². The number of rotatable bonds is 4. The average molecular weight is 317 g/mol. The Hall–Kier alpha value is 0.1000. The lowest BCUT2D eigenvalue weighted by atomic mass is 10.2. The van der Waals surface area contributed by atoms with Crippen molar-refractivity contribution in [2.75, 3.05) is 26.2 Å². The molecule has 1 aliphatic rings. The summed E-state index contributed by atoms with van der Waals surface area (Å²) in [5.74, 6) is 0. The molecule has 0 saturated carbocycles. The summed E-state index contributed by atoms with van der Waals surface area (Å²) in [5, 5.41) is 3.62. The molecular formula is C13H21BrN2S. The molecule has 1 aliphatic heterocycles. The quantitative estimate of drug-likeness (QED) is 0.918. The highest BCUT2D eigenvalue weighted by Crippen LogP contribution is 2.22. The lowest BCUT2D eigenvalue weighted by Crippen LogP contribution is -2.37. The van der Waals surface area contributed by atoms with Crippen molar-refractivity contribution in [1.82, 2.24) is 10.2 Å². The van der Waals surface area contributed by atoms with Crippen LogP contribution < -0.4 is 5.32 Å². The van der Waals surface area contributed by atoms with E-state index in [4.69, 9.17) is 0 Å². The topological polar surface area (TPSA) is 15.3 Å². The molecule has 1 N–H and O–H groups in total. The fourth-order valence-electron chi connectivity index (χ4n) is 2.31. The van der Waals surface area contributed by atoms with Gasteiger partial charge in [-0.2, -0.15) is 0 Å². The standard InChI is InChI=1S/C13H21BrN2S/c1-2-11-10-16(8-3-7-15-11)9-6-12-4-5-13(14)17-12/h4-5,11,15H,2-3,6-10H2,1H3. The number of hydrogen-bond acceptors (Lipinski definition) is 3. The zero-order valence-corrected chi connectivity index (χ0v) is 12.8. The molecule has 1 atom stereocenters. The van der Waals surface area contributed by atoms with Crippen LogP contribution in [0.1, 0.15) is 24.6 Å². The van der Waals surface area contributed by atoms with Crippen molar-refractivity contribution in [3.05, 3.63) is 20.8 Å². The summed E-state index contributed by atoms with van der Waals surface area (Å²) in [6, 6.07) is 5.08. The van der Waals surface area contributed by atoms with Crippen LogP contribution in [-0.4, -0.2) is 37.1 Å². The van der Waals surface area contributed by atoms with Crippen LogP contribution in [0, 0.1) is 0 Å². The van der Waals surface area contributed by atoms with Gasteiger partial charge < -0.3 is 10.2 Å². The van der Waals surface area contributed by atoms with E-state index in [-0.39, 0.29) is 0 Å². The van der Waals surface area contributed by atoms with Gasteiger partial charge in [0.2, 0.25) is 0 Å². The molecule has 2 heterocycles. The van der Waals surface area contributed by atoms with Crippen molar-refractivity contribution in [3.63, 3.8) is 0 Å². The second-order valence-electron chi connectivity index (χ2n) is 4.67. The Bertz CT molecular complexity index is 340. The number of hydrogen-bond donors (Lipinski definition) is 1. The zero-order chi connectivity index (χ0) is 12.1. The predicted octanol–water partition coefficient (Wildman–Crippen LogP) is 3.13. The third-order valence-electron chi connectivity index (χ3n) is 3.36. The van der Waals surface area contributed by atoms with Gasteiger partial charge in [-0.1, -0.05) is 6.92 Å². The molecule has 17 heavy (non-hydrogen) atoms. The van der Waals surface area contributed by atoms with E-state index in [0.29, 0.717) is 6.04 Å². The van der Waals surface area contributed by atoms with Crippen LogP contribution >= 0.6 is 27.3 Å². The van der Waals surface area contributed by atoms with Crippen molar-refractivity contribution >= 4 is 27.3 Å². The molecule has 1 fully saturated rings. The van der Waals surface area contributed by atoms with Crippen LogP contribution in [0.2, 0.25) is 0 Å². The Labute approximate surface area is 117 Å². The number of nitrogens with one attached hydrogen (secondary N) is 1. The van der Waals surface area contributed by atoms with E-state index >= 15 is 0 Å². The van der Waals surface area contributed by atoms with E-state index in [9.17, 15) is 0 Å². The first kappa shape index (κ1) is 13.5. The minimum absolute atomic E-state index is 0.688. The Balaban J connectivity index is 1.81. The molecule has 0 bridgehead atoms. The smallest absolute Gasteiger partial charge is 0.0701 e. The maximum absolute atomic E-state index is 3.62. The summed E-state index contributed by atoms with van der Waals surface area (Å²) >= 11 is 5.39. The van der Waals surface area contributed by atoms with Crippen LogP contribution in [0.5, 0.6) is 0 Å². The minimum Gasteiger partial charge on any atom is -0.313 e. The maximum atomic E-state index is 3.62. The molecule has 96 valence electrons. The van der Waals surface area contributed by atoms with Gasteiger partial charge in [0.05, 0.1) is 3.79 Å². The molecule has 0 spiro atoms. The van der Waals surface area contributed by atoms with Gasteiger partial charge in [0.1, 0.15) is 0 Å². The molecule has 2 nitrogen and oxygen atoms in total. The fourth-order valence-corrected chi connectivity index (χ4v) is 3.78. The SMILES string of the molecule is CCC1CN(CCc2ccc(Br)s2)CCCN1. The van der Waals surface area contributed by atoms with Crippen molar-refractivity contribution < 1.29 is 0 Å². The molecule has 0 aromatic carbocycles. The molecule has 4 heteroatoms. The van der Waals surface area contributed by atoms with E-state index in [0.717, 1.165) is 0 Å². The van der Waals surface area contributed by atoms with E-state index in [2.05, 4.69) is 45.2 Å². The van der Waals surface area contributed by atoms with Crippen LogP contribution in [-0.2, 0) is 6.42 Å². The van der Waals surface area contributed by atoms with Crippen LogP contribution in [0.25, 0.3) is 0 Å². The summed E-state index contributed by atoms with van der Waals surface area (Å²) < 4.78 is 1.25. The molecule has 0 amide bonds. The molecule has 1 saturated heterocycles. The minimum atomic E-state index is 0.688. The van der Waals surface area contributed by atoms with Gasteiger partial charge in [-0.15, -0.1) is 11.3 Å². The Morgan fingerprint density at radius 1 is 1.53 bits per heavy atom. The monoisotopic (exact) mass is 316 g/mol.